The number of nitrogens with zero attached hydrogens (tertiary/aromatic N) is 3. The van der Waals surface area contributed by atoms with Crippen LogP contribution >= 0.6 is 11.8 Å². The van der Waals surface area contributed by atoms with Crippen molar-refractivity contribution in [3.8, 4) is 11.5 Å². The lowest BCUT2D eigenvalue weighted by atomic mass is 10.1. The topological polar surface area (TPSA) is 76.3 Å². The summed E-state index contributed by atoms with van der Waals surface area (Å²) in [4.78, 5) is 24.8. The van der Waals surface area contributed by atoms with Crippen molar-refractivity contribution in [2.45, 2.75) is 31.9 Å². The number of hydrogen-bond donors (Lipinski definition) is 0. The van der Waals surface area contributed by atoms with Gasteiger partial charge in [0.15, 0.2) is 0 Å². The molecule has 0 bridgehead atoms. The molecule has 0 aliphatic carbocycles. The van der Waals surface area contributed by atoms with E-state index in [4.69, 9.17) is 4.42 Å². The van der Waals surface area contributed by atoms with E-state index in [1.165, 1.54) is 4.90 Å². The van der Waals surface area contributed by atoms with Gasteiger partial charge in [-0.15, -0.1) is 10.2 Å². The second-order valence-electron chi connectivity index (χ2n) is 5.58. The molecule has 7 heteroatoms. The van der Waals surface area contributed by atoms with Crippen molar-refractivity contribution in [3.63, 3.8) is 0 Å². The summed E-state index contributed by atoms with van der Waals surface area (Å²) in [5.74, 6) is 0.255. The second-order valence-corrected chi connectivity index (χ2v) is 6.51. The minimum absolute atomic E-state index is 0.0999. The van der Waals surface area contributed by atoms with Crippen LogP contribution in [0.2, 0.25) is 0 Å². The summed E-state index contributed by atoms with van der Waals surface area (Å²) in [6.07, 6.45) is 1.19. The highest BCUT2D eigenvalue weighted by atomic mass is 32.2. The molecule has 1 aliphatic rings. The molecule has 1 aromatic heterocycles. The first kappa shape index (κ1) is 15.7. The maximum atomic E-state index is 12.0. The van der Waals surface area contributed by atoms with E-state index in [2.05, 4.69) is 16.3 Å². The molecule has 1 saturated heterocycles. The van der Waals surface area contributed by atoms with E-state index >= 15 is 0 Å². The molecule has 0 atom stereocenters. The Morgan fingerprint density at radius 3 is 2.65 bits per heavy atom. The van der Waals surface area contributed by atoms with Gasteiger partial charge >= 0.3 is 0 Å². The third-order valence-corrected chi connectivity index (χ3v) is 4.37. The average Bonchev–Trinajstić information content (AvgIpc) is 3.12. The minimum Gasteiger partial charge on any atom is -0.411 e. The molecule has 1 aromatic carbocycles. The van der Waals surface area contributed by atoms with Gasteiger partial charge in [0.1, 0.15) is 0 Å². The zero-order valence-electron chi connectivity index (χ0n) is 13.0. The molecule has 2 heterocycles. The number of aromatic nitrogens is 2. The van der Waals surface area contributed by atoms with Crippen LogP contribution in [0.4, 0.5) is 0 Å². The maximum Gasteiger partial charge on any atom is 0.277 e. The molecule has 1 fully saturated rings. The molecular weight excluding hydrogens is 314 g/mol. The predicted molar refractivity (Wildman–Crippen MR) is 85.9 cm³/mol. The van der Waals surface area contributed by atoms with Gasteiger partial charge < -0.3 is 4.42 Å². The predicted octanol–water partition coefficient (Wildman–Crippen LogP) is 2.59. The van der Waals surface area contributed by atoms with Gasteiger partial charge in [-0.05, 0) is 32.4 Å². The largest absolute Gasteiger partial charge is 0.411 e. The molecule has 3 rings (SSSR count). The number of likely N-dealkylation sites (tertiary alicyclic amines) is 1. The molecule has 120 valence electrons. The maximum absolute atomic E-state index is 12.0. The number of aryl methyl sites for hydroxylation is 2. The zero-order valence-corrected chi connectivity index (χ0v) is 13.9. The normalized spacial score (nSPS) is 14.5. The molecule has 0 N–H and O–H groups in total. The van der Waals surface area contributed by atoms with Crippen molar-refractivity contribution in [3.05, 3.63) is 29.3 Å². The lowest BCUT2D eigenvalue weighted by molar-refractivity contribution is -0.140. The van der Waals surface area contributed by atoms with E-state index in [-0.39, 0.29) is 17.6 Å². The van der Waals surface area contributed by atoms with Crippen molar-refractivity contribution in [1.29, 1.82) is 0 Å². The smallest absolute Gasteiger partial charge is 0.277 e. The fourth-order valence-electron chi connectivity index (χ4n) is 2.60. The van der Waals surface area contributed by atoms with Crippen molar-refractivity contribution in [2.24, 2.45) is 0 Å². The molecule has 0 unspecified atom stereocenters. The van der Waals surface area contributed by atoms with Crippen LogP contribution in [-0.2, 0) is 9.59 Å². The Morgan fingerprint density at radius 2 is 2.00 bits per heavy atom. The highest BCUT2D eigenvalue weighted by Crippen LogP contribution is 2.25. The summed E-state index contributed by atoms with van der Waals surface area (Å²) in [6, 6.07) is 6.02. The fourth-order valence-corrected chi connectivity index (χ4v) is 3.24. The van der Waals surface area contributed by atoms with Crippen molar-refractivity contribution in [2.75, 3.05) is 12.3 Å². The SMILES string of the molecule is Cc1cc(C)cc(-c2nnc(SCC(=O)N3CCCC3=O)o2)c1. The van der Waals surface area contributed by atoms with E-state index < -0.39 is 0 Å². The molecule has 0 saturated carbocycles. The standard InChI is InChI=1S/C16H17N3O3S/c1-10-6-11(2)8-12(7-10)15-17-18-16(22-15)23-9-14(21)19-5-3-4-13(19)20/h6-8H,3-5,9H2,1-2H3. The summed E-state index contributed by atoms with van der Waals surface area (Å²) in [7, 11) is 0. The van der Waals surface area contributed by atoms with Crippen molar-refractivity contribution < 1.29 is 14.0 Å². The number of benzene rings is 1. The summed E-state index contributed by atoms with van der Waals surface area (Å²) in [6.45, 7) is 4.53. The summed E-state index contributed by atoms with van der Waals surface area (Å²) < 4.78 is 5.60. The minimum atomic E-state index is -0.205. The summed E-state index contributed by atoms with van der Waals surface area (Å²) >= 11 is 1.16. The van der Waals surface area contributed by atoms with Crippen LogP contribution in [0.1, 0.15) is 24.0 Å². The average molecular weight is 331 g/mol. The Hall–Kier alpha value is -2.15. The number of rotatable bonds is 4. The van der Waals surface area contributed by atoms with Gasteiger partial charge in [0, 0.05) is 18.5 Å². The second kappa shape index (κ2) is 6.54. The highest BCUT2D eigenvalue weighted by molar-refractivity contribution is 7.99. The summed E-state index contributed by atoms with van der Waals surface area (Å²) in [5, 5.41) is 8.32. The van der Waals surface area contributed by atoms with Crippen LogP contribution in [-0.4, -0.2) is 39.2 Å². The molecule has 0 radical (unpaired) electrons. The van der Waals surface area contributed by atoms with Gasteiger partial charge in [0.25, 0.3) is 5.22 Å². The first-order valence-corrected chi connectivity index (χ1v) is 8.39. The Morgan fingerprint density at radius 1 is 1.26 bits per heavy atom. The van der Waals surface area contributed by atoms with Crippen LogP contribution in [0.25, 0.3) is 11.5 Å². The number of thioether (sulfide) groups is 1. The Bertz CT molecular complexity index is 737. The zero-order chi connectivity index (χ0) is 16.4. The van der Waals surface area contributed by atoms with Crippen molar-refractivity contribution in [1.82, 2.24) is 15.1 Å². The van der Waals surface area contributed by atoms with Crippen LogP contribution in [0.3, 0.4) is 0 Å². The molecule has 6 nitrogen and oxygen atoms in total. The van der Waals surface area contributed by atoms with Crippen LogP contribution in [0.15, 0.2) is 27.8 Å². The van der Waals surface area contributed by atoms with Gasteiger partial charge in [-0.1, -0.05) is 29.0 Å². The van der Waals surface area contributed by atoms with E-state index in [0.717, 1.165) is 34.9 Å². The highest BCUT2D eigenvalue weighted by Gasteiger charge is 2.26. The van der Waals surface area contributed by atoms with Crippen LogP contribution in [0.5, 0.6) is 0 Å². The van der Waals surface area contributed by atoms with Gasteiger partial charge in [0.05, 0.1) is 5.75 Å². The van der Waals surface area contributed by atoms with Gasteiger partial charge in [-0.2, -0.15) is 0 Å². The number of carbonyl (C=O) groups is 2. The van der Waals surface area contributed by atoms with Crippen LogP contribution < -0.4 is 0 Å². The number of hydrogen-bond acceptors (Lipinski definition) is 6. The van der Waals surface area contributed by atoms with Crippen molar-refractivity contribution >= 4 is 23.6 Å². The Labute approximate surface area is 138 Å². The third kappa shape index (κ3) is 3.61. The monoisotopic (exact) mass is 331 g/mol. The van der Waals surface area contributed by atoms with Gasteiger partial charge in [0.2, 0.25) is 17.7 Å². The quantitative estimate of drug-likeness (QED) is 0.802. The van der Waals surface area contributed by atoms with Crippen LogP contribution in [0, 0.1) is 13.8 Å². The number of imide groups is 1. The molecular formula is C16H17N3O3S. The van der Waals surface area contributed by atoms with E-state index in [0.29, 0.717) is 24.1 Å². The fraction of sp³-hybridized carbons (Fsp3) is 0.375. The molecule has 23 heavy (non-hydrogen) atoms. The lowest BCUT2D eigenvalue weighted by Gasteiger charge is -2.11. The molecule has 1 aliphatic heterocycles. The molecule has 2 aromatic rings. The third-order valence-electron chi connectivity index (χ3n) is 3.57. The Kier molecular flexibility index (Phi) is 4.47. The lowest BCUT2D eigenvalue weighted by Crippen LogP contribution is -2.33. The number of amides is 2. The molecule has 0 spiro atoms. The Balaban J connectivity index is 1.65. The van der Waals surface area contributed by atoms with Gasteiger partial charge in [-0.3, -0.25) is 14.5 Å². The van der Waals surface area contributed by atoms with E-state index in [9.17, 15) is 9.59 Å². The molecule has 2 amide bonds. The van der Waals surface area contributed by atoms with Gasteiger partial charge in [-0.25, -0.2) is 0 Å². The van der Waals surface area contributed by atoms with E-state index in [1.807, 2.05) is 26.0 Å². The summed E-state index contributed by atoms with van der Waals surface area (Å²) in [5.41, 5.74) is 3.10. The number of carbonyl (C=O) groups excluding carboxylic acids is 2. The van der Waals surface area contributed by atoms with E-state index in [1.54, 1.807) is 0 Å². The first-order valence-electron chi connectivity index (χ1n) is 7.41. The first-order chi connectivity index (χ1) is 11.0.